The Balaban J connectivity index is 1.60. The van der Waals surface area contributed by atoms with E-state index in [2.05, 4.69) is 15.2 Å². The summed E-state index contributed by atoms with van der Waals surface area (Å²) in [6.45, 7) is 3.43. The van der Waals surface area contributed by atoms with Gasteiger partial charge in [0, 0.05) is 18.2 Å². The quantitative estimate of drug-likeness (QED) is 0.815. The van der Waals surface area contributed by atoms with E-state index in [0.717, 1.165) is 36.4 Å². The van der Waals surface area contributed by atoms with Gasteiger partial charge in [-0.25, -0.2) is 4.98 Å². The molecule has 6 nitrogen and oxygen atoms in total. The fraction of sp³-hybridized carbons (Fsp3) is 0.500. The molecule has 26 heavy (non-hydrogen) atoms. The number of aromatic nitrogens is 1. The van der Waals surface area contributed by atoms with Gasteiger partial charge in [0.05, 0.1) is 0 Å². The molecule has 1 saturated carbocycles. The monoisotopic (exact) mass is 357 g/mol. The minimum absolute atomic E-state index is 0.248. The average Bonchev–Trinajstić information content (AvgIpc) is 3.27. The Bertz CT molecular complexity index is 749. The maximum absolute atomic E-state index is 12.5. The van der Waals surface area contributed by atoms with Crippen molar-refractivity contribution < 1.29 is 13.9 Å². The number of oxazole rings is 1. The smallest absolute Gasteiger partial charge is 0.277 e. The van der Waals surface area contributed by atoms with Crippen LogP contribution in [0.2, 0.25) is 0 Å². The topological polar surface area (TPSA) is 67.6 Å². The average molecular weight is 357 g/mol. The molecule has 0 unspecified atom stereocenters. The number of nitrogens with one attached hydrogen (secondary N) is 1. The van der Waals surface area contributed by atoms with E-state index in [4.69, 9.17) is 9.15 Å². The number of rotatable bonds is 7. The lowest BCUT2D eigenvalue weighted by Gasteiger charge is -2.13. The summed E-state index contributed by atoms with van der Waals surface area (Å²) in [6, 6.07) is 5.65. The van der Waals surface area contributed by atoms with Gasteiger partial charge < -0.3 is 19.4 Å². The minimum atomic E-state index is -0.248. The first-order valence-electron chi connectivity index (χ1n) is 9.18. The third-order valence-electron chi connectivity index (χ3n) is 4.71. The lowest BCUT2D eigenvalue weighted by molar-refractivity contribution is 0.102. The fourth-order valence-corrected chi connectivity index (χ4v) is 3.15. The zero-order valence-electron chi connectivity index (χ0n) is 15.7. The molecule has 0 radical (unpaired) electrons. The summed E-state index contributed by atoms with van der Waals surface area (Å²) in [5.74, 6) is 1.60. The molecule has 1 aromatic heterocycles. The largest absolute Gasteiger partial charge is 0.492 e. The summed E-state index contributed by atoms with van der Waals surface area (Å²) in [5, 5.41) is 2.91. The Morgan fingerprint density at radius 1 is 1.35 bits per heavy atom. The van der Waals surface area contributed by atoms with Crippen LogP contribution in [0, 0.1) is 6.92 Å². The van der Waals surface area contributed by atoms with Gasteiger partial charge in [-0.3, -0.25) is 4.79 Å². The van der Waals surface area contributed by atoms with E-state index in [9.17, 15) is 4.79 Å². The first-order chi connectivity index (χ1) is 12.5. The number of anilines is 1. The van der Waals surface area contributed by atoms with E-state index in [0.29, 0.717) is 24.1 Å². The standard InChI is InChI=1S/C20H27N3O3/c1-14-12-16(25-11-10-23(2)3)8-9-17(14)21-19(24)18-13-26-20(22-18)15-6-4-5-7-15/h8-9,12-13,15H,4-7,10-11H2,1-3H3,(H,21,24). The van der Waals surface area contributed by atoms with Crippen LogP contribution in [0.4, 0.5) is 5.69 Å². The number of ether oxygens (including phenoxy) is 1. The second-order valence-electron chi connectivity index (χ2n) is 7.13. The molecular weight excluding hydrogens is 330 g/mol. The van der Waals surface area contributed by atoms with E-state index < -0.39 is 0 Å². The number of aryl methyl sites for hydroxylation is 1. The highest BCUT2D eigenvalue weighted by molar-refractivity contribution is 6.03. The number of benzene rings is 1. The Hall–Kier alpha value is -2.34. The fourth-order valence-electron chi connectivity index (χ4n) is 3.15. The Morgan fingerprint density at radius 2 is 2.12 bits per heavy atom. The van der Waals surface area contributed by atoms with Gasteiger partial charge >= 0.3 is 0 Å². The zero-order valence-corrected chi connectivity index (χ0v) is 15.7. The molecule has 1 N–H and O–H groups in total. The number of carbonyl (C=O) groups is 1. The van der Waals surface area contributed by atoms with Crippen molar-refractivity contribution in [3.05, 3.63) is 41.6 Å². The number of nitrogens with zero attached hydrogens (tertiary/aromatic N) is 2. The Kier molecular flexibility index (Phi) is 5.93. The number of hydrogen-bond donors (Lipinski definition) is 1. The molecule has 1 heterocycles. The molecule has 140 valence electrons. The first-order valence-corrected chi connectivity index (χ1v) is 9.18. The molecule has 1 fully saturated rings. The molecule has 2 aromatic rings. The van der Waals surface area contributed by atoms with Gasteiger partial charge in [0.2, 0.25) is 0 Å². The molecule has 6 heteroatoms. The third kappa shape index (κ3) is 4.64. The molecule has 0 atom stereocenters. The van der Waals surface area contributed by atoms with Crippen LogP contribution in [0.5, 0.6) is 5.75 Å². The van der Waals surface area contributed by atoms with Crippen LogP contribution in [-0.2, 0) is 0 Å². The molecule has 0 aliphatic heterocycles. The Labute approximate surface area is 154 Å². The molecule has 0 bridgehead atoms. The molecule has 1 aliphatic rings. The normalized spacial score (nSPS) is 14.8. The van der Waals surface area contributed by atoms with Gasteiger partial charge in [-0.05, 0) is 57.6 Å². The molecule has 1 aliphatic carbocycles. The van der Waals surface area contributed by atoms with Crippen LogP contribution >= 0.6 is 0 Å². The number of carbonyl (C=O) groups excluding carboxylic acids is 1. The van der Waals surface area contributed by atoms with Crippen molar-refractivity contribution in [3.8, 4) is 5.75 Å². The maximum Gasteiger partial charge on any atom is 0.277 e. The molecular formula is C20H27N3O3. The van der Waals surface area contributed by atoms with Crippen molar-refractivity contribution in [2.75, 3.05) is 32.6 Å². The number of likely N-dealkylation sites (N-methyl/N-ethyl adjacent to an activating group) is 1. The molecule has 0 spiro atoms. The molecule has 1 aromatic carbocycles. The van der Waals surface area contributed by atoms with Gasteiger partial charge in [-0.2, -0.15) is 0 Å². The number of amides is 1. The summed E-state index contributed by atoms with van der Waals surface area (Å²) >= 11 is 0. The van der Waals surface area contributed by atoms with E-state index in [1.165, 1.54) is 19.1 Å². The van der Waals surface area contributed by atoms with E-state index in [-0.39, 0.29) is 5.91 Å². The van der Waals surface area contributed by atoms with Crippen molar-refractivity contribution in [3.63, 3.8) is 0 Å². The van der Waals surface area contributed by atoms with Crippen LogP contribution in [-0.4, -0.2) is 43.0 Å². The predicted octanol–water partition coefficient (Wildman–Crippen LogP) is 3.83. The first kappa shape index (κ1) is 18.5. The van der Waals surface area contributed by atoms with Crippen LogP contribution in [0.15, 0.2) is 28.9 Å². The summed E-state index contributed by atoms with van der Waals surface area (Å²) < 4.78 is 11.2. The summed E-state index contributed by atoms with van der Waals surface area (Å²) in [6.07, 6.45) is 6.05. The van der Waals surface area contributed by atoms with E-state index in [1.54, 1.807) is 0 Å². The van der Waals surface area contributed by atoms with Crippen LogP contribution in [0.3, 0.4) is 0 Å². The summed E-state index contributed by atoms with van der Waals surface area (Å²) in [7, 11) is 4.02. The van der Waals surface area contributed by atoms with Crippen molar-refractivity contribution >= 4 is 11.6 Å². The van der Waals surface area contributed by atoms with Gasteiger partial charge in [0.1, 0.15) is 18.6 Å². The number of hydrogen-bond acceptors (Lipinski definition) is 5. The third-order valence-corrected chi connectivity index (χ3v) is 4.71. The highest BCUT2D eigenvalue weighted by Gasteiger charge is 2.23. The second kappa shape index (κ2) is 8.36. The highest BCUT2D eigenvalue weighted by Crippen LogP contribution is 2.33. The summed E-state index contributed by atoms with van der Waals surface area (Å²) in [4.78, 5) is 18.9. The molecule has 1 amide bonds. The van der Waals surface area contributed by atoms with Gasteiger partial charge in [0.15, 0.2) is 11.6 Å². The van der Waals surface area contributed by atoms with E-state index >= 15 is 0 Å². The van der Waals surface area contributed by atoms with Crippen LogP contribution in [0.1, 0.15) is 53.5 Å². The van der Waals surface area contributed by atoms with Gasteiger partial charge in [0.25, 0.3) is 5.91 Å². The van der Waals surface area contributed by atoms with Crippen molar-refractivity contribution in [2.45, 2.75) is 38.5 Å². The highest BCUT2D eigenvalue weighted by atomic mass is 16.5. The molecule has 3 rings (SSSR count). The molecule has 0 saturated heterocycles. The maximum atomic E-state index is 12.5. The minimum Gasteiger partial charge on any atom is -0.492 e. The lowest BCUT2D eigenvalue weighted by atomic mass is 10.1. The summed E-state index contributed by atoms with van der Waals surface area (Å²) in [5.41, 5.74) is 2.03. The van der Waals surface area contributed by atoms with Crippen molar-refractivity contribution in [2.24, 2.45) is 0 Å². The van der Waals surface area contributed by atoms with Crippen LogP contribution < -0.4 is 10.1 Å². The Morgan fingerprint density at radius 3 is 2.81 bits per heavy atom. The lowest BCUT2D eigenvalue weighted by Crippen LogP contribution is -2.19. The zero-order chi connectivity index (χ0) is 18.5. The van der Waals surface area contributed by atoms with Crippen molar-refractivity contribution in [1.82, 2.24) is 9.88 Å². The van der Waals surface area contributed by atoms with E-state index in [1.807, 2.05) is 39.2 Å². The van der Waals surface area contributed by atoms with Gasteiger partial charge in [-0.15, -0.1) is 0 Å². The second-order valence-corrected chi connectivity index (χ2v) is 7.13. The van der Waals surface area contributed by atoms with Crippen molar-refractivity contribution in [1.29, 1.82) is 0 Å². The van der Waals surface area contributed by atoms with Crippen LogP contribution in [0.25, 0.3) is 0 Å². The van der Waals surface area contributed by atoms with Gasteiger partial charge in [-0.1, -0.05) is 12.8 Å². The predicted molar refractivity (Wildman–Crippen MR) is 101 cm³/mol. The SMILES string of the molecule is Cc1cc(OCCN(C)C)ccc1NC(=O)c1coc(C2CCCC2)n1.